The van der Waals surface area contributed by atoms with Gasteiger partial charge in [0.05, 0.1) is 17.6 Å². The summed E-state index contributed by atoms with van der Waals surface area (Å²) in [5.74, 6) is -0.297. The summed E-state index contributed by atoms with van der Waals surface area (Å²) in [5, 5.41) is 9.04. The van der Waals surface area contributed by atoms with Crippen LogP contribution >= 0.6 is 0 Å². The zero-order chi connectivity index (χ0) is 11.7. The van der Waals surface area contributed by atoms with Crippen LogP contribution in [0.5, 0.6) is 0 Å². The number of imidazole rings is 1. The van der Waals surface area contributed by atoms with Crippen molar-refractivity contribution in [3.63, 3.8) is 0 Å². The summed E-state index contributed by atoms with van der Waals surface area (Å²) >= 11 is 0. The molecule has 0 aliphatic carbocycles. The molecule has 3 N–H and O–H groups in total. The fourth-order valence-corrected chi connectivity index (χ4v) is 1.78. The highest BCUT2D eigenvalue weighted by Gasteiger charge is 2.19. The van der Waals surface area contributed by atoms with Gasteiger partial charge in [0, 0.05) is 0 Å². The number of carbonyl (C=O) groups is 1. The summed E-state index contributed by atoms with van der Waals surface area (Å²) in [6.07, 6.45) is 0. The van der Waals surface area contributed by atoms with Crippen LogP contribution in [0.3, 0.4) is 0 Å². The lowest BCUT2D eigenvalue weighted by Gasteiger charge is -2.12. The van der Waals surface area contributed by atoms with Gasteiger partial charge in [-0.25, -0.2) is 9.78 Å². The quantitative estimate of drug-likeness (QED) is 0.811. The lowest BCUT2D eigenvalue weighted by molar-refractivity contribution is -0.140. The molecule has 0 saturated heterocycles. The Kier molecular flexibility index (Phi) is 2.62. The fraction of sp³-hybridized carbons (Fsp3) is 0.273. The number of rotatable bonds is 3. The minimum absolute atomic E-state index is 0.228. The minimum atomic E-state index is -0.891. The first-order valence-electron chi connectivity index (χ1n) is 5.04. The Morgan fingerprint density at radius 3 is 2.88 bits per heavy atom. The van der Waals surface area contributed by atoms with Gasteiger partial charge in [0.1, 0.15) is 11.9 Å². The topological polar surface area (TPSA) is 81.1 Å². The molecule has 0 saturated carbocycles. The van der Waals surface area contributed by atoms with Crippen LogP contribution in [0, 0.1) is 0 Å². The summed E-state index contributed by atoms with van der Waals surface area (Å²) in [5.41, 5.74) is 7.15. The van der Waals surface area contributed by atoms with E-state index in [-0.39, 0.29) is 6.54 Å². The van der Waals surface area contributed by atoms with Crippen molar-refractivity contribution < 1.29 is 9.90 Å². The van der Waals surface area contributed by atoms with Gasteiger partial charge in [-0.2, -0.15) is 0 Å². The maximum atomic E-state index is 11.0. The van der Waals surface area contributed by atoms with Crippen LogP contribution < -0.4 is 5.73 Å². The molecule has 5 nitrogen and oxygen atoms in total. The van der Waals surface area contributed by atoms with Gasteiger partial charge in [-0.15, -0.1) is 0 Å². The third-order valence-electron chi connectivity index (χ3n) is 2.60. The van der Waals surface area contributed by atoms with Crippen LogP contribution in [0.4, 0.5) is 0 Å². The van der Waals surface area contributed by atoms with E-state index in [1.54, 1.807) is 11.5 Å². The molecule has 84 valence electrons. The van der Waals surface area contributed by atoms with Crippen LogP contribution in [-0.4, -0.2) is 20.6 Å². The minimum Gasteiger partial charge on any atom is -0.480 e. The number of para-hydroxylation sites is 2. The first kappa shape index (κ1) is 10.6. The SMILES string of the molecule is CC(C(=O)O)n1c(CN)nc2ccccc21. The first-order valence-corrected chi connectivity index (χ1v) is 5.04. The van der Waals surface area contributed by atoms with Gasteiger partial charge in [0.15, 0.2) is 0 Å². The number of fused-ring (bicyclic) bond motifs is 1. The monoisotopic (exact) mass is 219 g/mol. The van der Waals surface area contributed by atoms with Gasteiger partial charge in [0.25, 0.3) is 0 Å². The molecule has 0 aliphatic heterocycles. The molecule has 1 unspecified atom stereocenters. The van der Waals surface area contributed by atoms with E-state index in [1.807, 2.05) is 24.3 Å². The lowest BCUT2D eigenvalue weighted by atomic mass is 10.2. The number of aliphatic carboxylic acids is 1. The maximum Gasteiger partial charge on any atom is 0.326 e. The number of benzene rings is 1. The smallest absolute Gasteiger partial charge is 0.326 e. The molecule has 1 aromatic heterocycles. The standard InChI is InChI=1S/C11H13N3O2/c1-7(11(15)16)14-9-5-3-2-4-8(9)13-10(14)6-12/h2-5,7H,6,12H2,1H3,(H,15,16). The van der Waals surface area contributed by atoms with Crippen molar-refractivity contribution in [1.82, 2.24) is 9.55 Å². The van der Waals surface area contributed by atoms with Crippen LogP contribution in [0.15, 0.2) is 24.3 Å². The van der Waals surface area contributed by atoms with Gasteiger partial charge >= 0.3 is 5.97 Å². The van der Waals surface area contributed by atoms with Crippen molar-refractivity contribution in [2.45, 2.75) is 19.5 Å². The highest BCUT2D eigenvalue weighted by Crippen LogP contribution is 2.20. The molecule has 0 amide bonds. The number of carboxylic acids is 1. The number of hydrogen-bond donors (Lipinski definition) is 2. The largest absolute Gasteiger partial charge is 0.480 e. The summed E-state index contributed by atoms with van der Waals surface area (Å²) < 4.78 is 1.66. The number of aromatic nitrogens is 2. The van der Waals surface area contributed by atoms with E-state index in [0.717, 1.165) is 11.0 Å². The van der Waals surface area contributed by atoms with Gasteiger partial charge in [-0.3, -0.25) is 0 Å². The lowest BCUT2D eigenvalue weighted by Crippen LogP contribution is -2.19. The van der Waals surface area contributed by atoms with Crippen LogP contribution in [0.25, 0.3) is 11.0 Å². The highest BCUT2D eigenvalue weighted by atomic mass is 16.4. The van der Waals surface area contributed by atoms with Gasteiger partial charge < -0.3 is 15.4 Å². The highest BCUT2D eigenvalue weighted by molar-refractivity contribution is 5.80. The maximum absolute atomic E-state index is 11.0. The summed E-state index contributed by atoms with van der Waals surface area (Å²) in [6.45, 7) is 1.85. The predicted octanol–water partition coefficient (Wildman–Crippen LogP) is 1.14. The third kappa shape index (κ3) is 1.55. The molecule has 1 atom stereocenters. The fourth-order valence-electron chi connectivity index (χ4n) is 1.78. The van der Waals surface area contributed by atoms with Crippen molar-refractivity contribution in [3.05, 3.63) is 30.1 Å². The van der Waals surface area contributed by atoms with E-state index in [1.165, 1.54) is 0 Å². The zero-order valence-electron chi connectivity index (χ0n) is 8.92. The summed E-state index contributed by atoms with van der Waals surface area (Å²) in [4.78, 5) is 15.3. The normalized spacial score (nSPS) is 12.9. The molecule has 0 aliphatic rings. The van der Waals surface area contributed by atoms with Crippen molar-refractivity contribution in [2.75, 3.05) is 0 Å². The number of nitrogens with zero attached hydrogens (tertiary/aromatic N) is 2. The number of carboxylic acid groups (broad SMARTS) is 1. The van der Waals surface area contributed by atoms with Crippen LogP contribution in [-0.2, 0) is 11.3 Å². The molecule has 5 heteroatoms. The molecule has 0 radical (unpaired) electrons. The molecule has 2 aromatic rings. The first-order chi connectivity index (χ1) is 7.65. The molecule has 2 rings (SSSR count). The molecule has 0 bridgehead atoms. The molecular formula is C11H13N3O2. The Hall–Kier alpha value is -1.88. The second-order valence-electron chi connectivity index (χ2n) is 3.61. The molecule has 0 fully saturated rings. The Morgan fingerprint density at radius 1 is 1.56 bits per heavy atom. The molecule has 1 aromatic carbocycles. The van der Waals surface area contributed by atoms with E-state index in [9.17, 15) is 4.79 Å². The predicted molar refractivity (Wildman–Crippen MR) is 60.0 cm³/mol. The Balaban J connectivity index is 2.69. The van der Waals surface area contributed by atoms with Gasteiger partial charge in [-0.1, -0.05) is 12.1 Å². The summed E-state index contributed by atoms with van der Waals surface area (Å²) in [6, 6.07) is 6.76. The van der Waals surface area contributed by atoms with Crippen molar-refractivity contribution in [2.24, 2.45) is 5.73 Å². The van der Waals surface area contributed by atoms with Crippen molar-refractivity contribution in [3.8, 4) is 0 Å². The van der Waals surface area contributed by atoms with E-state index < -0.39 is 12.0 Å². The van der Waals surface area contributed by atoms with Crippen LogP contribution in [0.2, 0.25) is 0 Å². The second kappa shape index (κ2) is 3.94. The molecule has 0 spiro atoms. The Morgan fingerprint density at radius 2 is 2.25 bits per heavy atom. The number of hydrogen-bond acceptors (Lipinski definition) is 3. The zero-order valence-corrected chi connectivity index (χ0v) is 8.92. The van der Waals surface area contributed by atoms with Crippen molar-refractivity contribution in [1.29, 1.82) is 0 Å². The summed E-state index contributed by atoms with van der Waals surface area (Å²) in [7, 11) is 0. The third-order valence-corrected chi connectivity index (χ3v) is 2.60. The van der Waals surface area contributed by atoms with Crippen molar-refractivity contribution >= 4 is 17.0 Å². The van der Waals surface area contributed by atoms with E-state index in [0.29, 0.717) is 5.82 Å². The molecule has 1 heterocycles. The average Bonchev–Trinajstić information content (AvgIpc) is 2.66. The van der Waals surface area contributed by atoms with Crippen LogP contribution in [0.1, 0.15) is 18.8 Å². The average molecular weight is 219 g/mol. The molecular weight excluding hydrogens is 206 g/mol. The van der Waals surface area contributed by atoms with E-state index in [2.05, 4.69) is 4.98 Å². The van der Waals surface area contributed by atoms with Gasteiger partial charge in [0.2, 0.25) is 0 Å². The van der Waals surface area contributed by atoms with Gasteiger partial charge in [-0.05, 0) is 19.1 Å². The number of nitrogens with two attached hydrogens (primary N) is 1. The molecule has 16 heavy (non-hydrogen) atoms. The van der Waals surface area contributed by atoms with E-state index in [4.69, 9.17) is 10.8 Å². The Labute approximate surface area is 92.5 Å². The van der Waals surface area contributed by atoms with E-state index >= 15 is 0 Å². The second-order valence-corrected chi connectivity index (χ2v) is 3.61. The Bertz CT molecular complexity index is 533.